The monoisotopic (exact) mass is 871 g/mol. The molecule has 1 saturated carbocycles. The number of aromatic amines is 1. The largest absolute Gasteiger partial charge is 0.870 e. The van der Waals surface area contributed by atoms with Gasteiger partial charge in [0.05, 0.1) is 19.3 Å². The Morgan fingerprint density at radius 2 is 1.67 bits per heavy atom. The van der Waals surface area contributed by atoms with Gasteiger partial charge in [-0.05, 0) is 92.6 Å². The second-order valence-electron chi connectivity index (χ2n) is 14.7. The third kappa shape index (κ3) is 11.3. The second-order valence-corrected chi connectivity index (χ2v) is 15.6. The maximum Gasteiger partial charge on any atom is 0.387 e. The molecule has 13 nitrogen and oxygen atoms in total. The van der Waals surface area contributed by atoms with Crippen molar-refractivity contribution in [3.05, 3.63) is 111 Å². The van der Waals surface area contributed by atoms with E-state index in [0.717, 1.165) is 38.8 Å². The van der Waals surface area contributed by atoms with Gasteiger partial charge in [-0.1, -0.05) is 53.5 Å². The van der Waals surface area contributed by atoms with Gasteiger partial charge < -0.3 is 39.2 Å². The molecule has 320 valence electrons. The molecule has 8 rings (SSSR count). The van der Waals surface area contributed by atoms with Gasteiger partial charge in [0, 0.05) is 29.8 Å². The maximum absolute atomic E-state index is 13.9. The first-order valence-corrected chi connectivity index (χ1v) is 20.1. The number of ether oxygens (including phenoxy) is 6. The Morgan fingerprint density at radius 1 is 0.917 bits per heavy atom. The number of benzene rings is 3. The number of carbonyl (C=O) groups excluding carboxylic acids is 3. The average molecular weight is 873 g/mol. The van der Waals surface area contributed by atoms with Crippen LogP contribution in [0.1, 0.15) is 64.9 Å². The molecule has 1 aliphatic carbocycles. The van der Waals surface area contributed by atoms with Gasteiger partial charge in [-0.15, -0.1) is 0 Å². The van der Waals surface area contributed by atoms with E-state index in [2.05, 4.69) is 19.9 Å². The molecule has 0 radical (unpaired) electrons. The molecule has 4 aromatic rings. The fraction of sp³-hybridized carbons (Fsp3) is 0.395. The van der Waals surface area contributed by atoms with Crippen LogP contribution in [-0.4, -0.2) is 81.0 Å². The van der Waals surface area contributed by atoms with E-state index in [1.807, 2.05) is 0 Å². The molecule has 3 aromatic carbocycles. The number of hydrogen-bond donors (Lipinski definition) is 1. The van der Waals surface area contributed by atoms with Gasteiger partial charge in [0.2, 0.25) is 0 Å². The van der Waals surface area contributed by atoms with E-state index in [1.165, 1.54) is 49.8 Å². The molecule has 4 fully saturated rings. The SMILES string of the molecule is COc1ccccc1C(Nc1cccc(C(=O)OCC(=O)O[C@@H](Cc2c(Cl)c[nH+]cc2Cl)c2ccc(OC(F)F)c(OCC3CC3)c2)c1)C(=O)O[C@H]1CN2CCC1CC2.[OH-]. The molecule has 4 aliphatic rings. The number of halogens is 4. The first-order chi connectivity index (χ1) is 28.5. The molecule has 4 heterocycles. The maximum atomic E-state index is 13.9. The Labute approximate surface area is 355 Å². The molecule has 1 unspecified atom stereocenters. The lowest BCUT2D eigenvalue weighted by molar-refractivity contribution is -0.377. The first kappa shape index (κ1) is 44.3. The van der Waals surface area contributed by atoms with Crippen LogP contribution in [0, 0.1) is 11.8 Å². The smallest absolute Gasteiger partial charge is 0.387 e. The Bertz CT molecular complexity index is 2120. The molecule has 0 amide bonds. The zero-order valence-electron chi connectivity index (χ0n) is 32.6. The van der Waals surface area contributed by atoms with Crippen LogP contribution in [0.15, 0.2) is 79.1 Å². The fourth-order valence-corrected chi connectivity index (χ4v) is 7.87. The number of para-hydroxylation sites is 1. The highest BCUT2D eigenvalue weighted by atomic mass is 35.5. The van der Waals surface area contributed by atoms with Crippen LogP contribution in [-0.2, 0) is 30.2 Å². The molecule has 3 atom stereocenters. The van der Waals surface area contributed by atoms with Crippen molar-refractivity contribution in [2.75, 3.05) is 45.3 Å². The van der Waals surface area contributed by atoms with Crippen molar-refractivity contribution in [2.45, 2.75) is 57.0 Å². The molecular weight excluding hydrogens is 827 g/mol. The van der Waals surface area contributed by atoms with Crippen LogP contribution in [0.2, 0.25) is 10.0 Å². The van der Waals surface area contributed by atoms with Crippen molar-refractivity contribution in [2.24, 2.45) is 11.8 Å². The molecule has 3 aliphatic heterocycles. The number of nitrogens with one attached hydrogen (secondary N) is 2. The van der Waals surface area contributed by atoms with Gasteiger partial charge in [0.15, 0.2) is 36.5 Å². The summed E-state index contributed by atoms with van der Waals surface area (Å²) in [6, 6.07) is 16.7. The zero-order valence-corrected chi connectivity index (χ0v) is 34.1. The number of alkyl halides is 2. The normalized spacial score (nSPS) is 19.0. The Morgan fingerprint density at radius 3 is 2.35 bits per heavy atom. The third-order valence-corrected chi connectivity index (χ3v) is 11.3. The summed E-state index contributed by atoms with van der Waals surface area (Å²) in [4.78, 5) is 45.7. The van der Waals surface area contributed by atoms with E-state index < -0.39 is 43.3 Å². The number of anilines is 1. The highest BCUT2D eigenvalue weighted by Gasteiger charge is 2.38. The lowest BCUT2D eigenvalue weighted by atomic mass is 9.86. The van der Waals surface area contributed by atoms with E-state index >= 15 is 0 Å². The molecule has 17 heteroatoms. The second kappa shape index (κ2) is 20.4. The van der Waals surface area contributed by atoms with E-state index in [1.54, 1.807) is 36.4 Å². The van der Waals surface area contributed by atoms with Crippen LogP contribution < -0.4 is 24.5 Å². The van der Waals surface area contributed by atoms with Crippen LogP contribution in [0.25, 0.3) is 0 Å². The van der Waals surface area contributed by atoms with Crippen molar-refractivity contribution >= 4 is 46.8 Å². The van der Waals surface area contributed by atoms with Gasteiger partial charge in [-0.3, -0.25) is 4.90 Å². The highest BCUT2D eigenvalue weighted by molar-refractivity contribution is 6.35. The number of carbonyl (C=O) groups is 3. The van der Waals surface area contributed by atoms with Gasteiger partial charge in [-0.25, -0.2) is 19.4 Å². The summed E-state index contributed by atoms with van der Waals surface area (Å²) in [6.07, 6.45) is 5.57. The molecular formula is C43H45Cl2F2N3O10. The number of nitrogens with zero attached hydrogens (tertiary/aromatic N) is 1. The number of methoxy groups -OCH3 is 1. The lowest BCUT2D eigenvalue weighted by Gasteiger charge is -2.44. The van der Waals surface area contributed by atoms with Gasteiger partial charge in [-0.2, -0.15) is 8.78 Å². The van der Waals surface area contributed by atoms with Gasteiger partial charge in [0.1, 0.15) is 28.0 Å². The number of H-pyrrole nitrogens is 1. The Hall–Kier alpha value is -5.22. The number of esters is 3. The van der Waals surface area contributed by atoms with E-state index in [-0.39, 0.29) is 45.1 Å². The number of rotatable bonds is 18. The number of aromatic nitrogens is 1. The minimum Gasteiger partial charge on any atom is -0.870 e. The quantitative estimate of drug-likeness (QED) is 0.0774. The Kier molecular flexibility index (Phi) is 15.0. The van der Waals surface area contributed by atoms with Crippen molar-refractivity contribution < 1.29 is 62.0 Å². The number of hydrogen-bond acceptors (Lipinski definition) is 12. The summed E-state index contributed by atoms with van der Waals surface area (Å²) in [5.74, 6) is -1.26. The predicted octanol–water partition coefficient (Wildman–Crippen LogP) is 7.50. The zero-order chi connectivity index (χ0) is 41.5. The van der Waals surface area contributed by atoms with Crippen molar-refractivity contribution in [1.82, 2.24) is 4.90 Å². The summed E-state index contributed by atoms with van der Waals surface area (Å²) < 4.78 is 60.0. The number of piperidine rings is 3. The van der Waals surface area contributed by atoms with Crippen LogP contribution in [0.4, 0.5) is 14.5 Å². The summed E-state index contributed by atoms with van der Waals surface area (Å²) in [5, 5.41) is 3.76. The van der Waals surface area contributed by atoms with Gasteiger partial charge >= 0.3 is 24.5 Å². The number of pyridine rings is 1. The van der Waals surface area contributed by atoms with Crippen molar-refractivity contribution in [3.8, 4) is 17.2 Å². The average Bonchev–Trinajstić information content (AvgIpc) is 4.07. The van der Waals surface area contributed by atoms with Crippen LogP contribution in [0.5, 0.6) is 17.2 Å². The van der Waals surface area contributed by atoms with Crippen molar-refractivity contribution in [3.63, 3.8) is 0 Å². The fourth-order valence-electron chi connectivity index (χ4n) is 7.34. The topological polar surface area (TPSA) is 166 Å². The molecule has 1 aromatic heterocycles. The van der Waals surface area contributed by atoms with Crippen LogP contribution >= 0.6 is 23.2 Å². The summed E-state index contributed by atoms with van der Waals surface area (Å²) in [5.41, 5.74) is 1.87. The first-order valence-electron chi connectivity index (χ1n) is 19.4. The van der Waals surface area contributed by atoms with E-state index in [9.17, 15) is 23.2 Å². The molecule has 60 heavy (non-hydrogen) atoms. The highest BCUT2D eigenvalue weighted by Crippen LogP contribution is 2.38. The summed E-state index contributed by atoms with van der Waals surface area (Å²) in [6.45, 7) is -0.884. The van der Waals surface area contributed by atoms with Crippen molar-refractivity contribution in [1.29, 1.82) is 0 Å². The van der Waals surface area contributed by atoms with E-state index in [4.69, 9.17) is 46.9 Å². The number of fused-ring (bicyclic) bond motifs is 3. The standard InChI is InChI=1S/C43H43Cl2F2N3O9.H2O/c1-54-34-8-3-2-7-30(34)40(42(53)58-38-22-50-15-13-26(38)14-16-50)49-29-6-4-5-28(17-29)41(52)56-24-39(51)57-36(19-31-32(44)20-48-21-33(31)45)27-11-12-35(59-43(46)47)37(18-27)55-23-25-9-10-25;/h2-8,11-12,17-18,20-21,25-26,36,38,40,43,49H,9-10,13-16,19,22-24H2,1H3;1H2/t36-,38-,40?;/m0./s1. The summed E-state index contributed by atoms with van der Waals surface area (Å²) >= 11 is 12.9. The predicted molar refractivity (Wildman–Crippen MR) is 214 cm³/mol. The minimum absolute atomic E-state index is 0. The molecule has 3 N–H and O–H groups in total. The summed E-state index contributed by atoms with van der Waals surface area (Å²) in [7, 11) is 1.52. The van der Waals surface area contributed by atoms with Crippen LogP contribution in [0.3, 0.4) is 0 Å². The molecule has 2 bridgehead atoms. The minimum atomic E-state index is -3.09. The Balaban J connectivity index is 0.00000604. The molecule has 0 spiro atoms. The van der Waals surface area contributed by atoms with E-state index in [0.29, 0.717) is 53.1 Å². The third-order valence-electron chi connectivity index (χ3n) is 10.7. The lowest BCUT2D eigenvalue weighted by Crippen LogP contribution is -2.52. The van der Waals surface area contributed by atoms with Gasteiger partial charge in [0.25, 0.3) is 0 Å². The molecule has 3 saturated heterocycles.